The number of hydrogen-bond acceptors (Lipinski definition) is 3. The third kappa shape index (κ3) is 2.98. The highest BCUT2D eigenvalue weighted by Gasteiger charge is 2.18. The molecule has 0 saturated carbocycles. The second kappa shape index (κ2) is 5.34. The number of carboxylic acids is 1. The average Bonchev–Trinajstić information content (AvgIpc) is 2.37. The van der Waals surface area contributed by atoms with Crippen LogP contribution in [-0.4, -0.2) is 20.6 Å². The second-order valence-electron chi connectivity index (χ2n) is 4.04. The summed E-state index contributed by atoms with van der Waals surface area (Å²) in [6.45, 7) is 0. The Kier molecular flexibility index (Phi) is 3.61. The fourth-order valence-corrected chi connectivity index (χ4v) is 1.89. The van der Waals surface area contributed by atoms with E-state index in [0.29, 0.717) is 5.56 Å². The molecule has 2 N–H and O–H groups in total. The first-order valence-electron chi connectivity index (χ1n) is 5.66. The van der Waals surface area contributed by atoms with Crippen LogP contribution in [0.5, 0.6) is 0 Å². The summed E-state index contributed by atoms with van der Waals surface area (Å²) >= 11 is 0. The number of aromatic nitrogens is 2. The van der Waals surface area contributed by atoms with Crippen LogP contribution in [0.15, 0.2) is 52.2 Å². The maximum atomic E-state index is 11.8. The highest BCUT2D eigenvalue weighted by molar-refractivity contribution is 5.68. The first-order chi connectivity index (χ1) is 9.08. The molecule has 1 atom stereocenters. The van der Waals surface area contributed by atoms with Crippen molar-refractivity contribution in [2.75, 3.05) is 0 Å². The molecule has 0 aliphatic heterocycles. The molecule has 0 aliphatic rings. The predicted molar refractivity (Wildman–Crippen MR) is 68.2 cm³/mol. The quantitative estimate of drug-likeness (QED) is 0.842. The van der Waals surface area contributed by atoms with E-state index in [2.05, 4.69) is 4.98 Å². The molecule has 0 bridgehead atoms. The minimum absolute atomic E-state index is 0.240. The number of hydrogen-bond donors (Lipinski definition) is 2. The SMILES string of the molecule is O=C(O)CC(c1ccccc1)n1ccc(=O)[nH]c1=O. The van der Waals surface area contributed by atoms with Gasteiger partial charge in [0.2, 0.25) is 0 Å². The molecule has 2 aromatic rings. The van der Waals surface area contributed by atoms with Gasteiger partial charge in [0, 0.05) is 12.3 Å². The van der Waals surface area contributed by atoms with E-state index >= 15 is 0 Å². The van der Waals surface area contributed by atoms with Crippen LogP contribution in [0.1, 0.15) is 18.0 Å². The van der Waals surface area contributed by atoms with Crippen molar-refractivity contribution < 1.29 is 9.90 Å². The summed E-state index contributed by atoms with van der Waals surface area (Å²) in [6.07, 6.45) is 1.07. The summed E-state index contributed by atoms with van der Waals surface area (Å²) in [4.78, 5) is 35.9. The zero-order chi connectivity index (χ0) is 13.8. The van der Waals surface area contributed by atoms with Gasteiger partial charge in [0.25, 0.3) is 5.56 Å². The van der Waals surface area contributed by atoms with Gasteiger partial charge < -0.3 is 5.11 Å². The van der Waals surface area contributed by atoms with Gasteiger partial charge >= 0.3 is 11.7 Å². The molecule has 1 aromatic carbocycles. The summed E-state index contributed by atoms with van der Waals surface area (Å²) in [6, 6.07) is 9.36. The van der Waals surface area contributed by atoms with Crippen LogP contribution in [0.25, 0.3) is 0 Å². The van der Waals surface area contributed by atoms with Gasteiger partial charge in [0.15, 0.2) is 0 Å². The molecule has 0 fully saturated rings. The molecule has 1 heterocycles. The Bertz CT molecular complexity index is 688. The Morgan fingerprint density at radius 1 is 1.21 bits per heavy atom. The molecule has 0 aliphatic carbocycles. The molecule has 1 unspecified atom stereocenters. The average molecular weight is 260 g/mol. The third-order valence-electron chi connectivity index (χ3n) is 2.74. The van der Waals surface area contributed by atoms with Crippen molar-refractivity contribution in [2.24, 2.45) is 0 Å². The van der Waals surface area contributed by atoms with E-state index < -0.39 is 23.3 Å². The molecule has 0 radical (unpaired) electrons. The lowest BCUT2D eigenvalue weighted by molar-refractivity contribution is -0.137. The highest BCUT2D eigenvalue weighted by Crippen LogP contribution is 2.19. The topological polar surface area (TPSA) is 92.2 Å². The van der Waals surface area contributed by atoms with Crippen LogP contribution < -0.4 is 11.2 Å². The highest BCUT2D eigenvalue weighted by atomic mass is 16.4. The number of nitrogens with one attached hydrogen (secondary N) is 1. The van der Waals surface area contributed by atoms with Crippen molar-refractivity contribution in [3.63, 3.8) is 0 Å². The molecule has 1 aromatic heterocycles. The van der Waals surface area contributed by atoms with E-state index in [1.165, 1.54) is 16.8 Å². The third-order valence-corrected chi connectivity index (χ3v) is 2.74. The Balaban J connectivity index is 2.52. The molecule has 6 nitrogen and oxygen atoms in total. The normalized spacial score (nSPS) is 12.0. The van der Waals surface area contributed by atoms with E-state index in [4.69, 9.17) is 5.11 Å². The summed E-state index contributed by atoms with van der Waals surface area (Å²) in [7, 11) is 0. The molecular formula is C13H12N2O4. The van der Waals surface area contributed by atoms with Gasteiger partial charge in [-0.1, -0.05) is 30.3 Å². The van der Waals surface area contributed by atoms with E-state index in [1.807, 2.05) is 0 Å². The van der Waals surface area contributed by atoms with Crippen LogP contribution >= 0.6 is 0 Å². The van der Waals surface area contributed by atoms with Gasteiger partial charge in [0.1, 0.15) is 0 Å². The predicted octanol–water partition coefficient (Wildman–Crippen LogP) is 0.601. The molecule has 0 saturated heterocycles. The minimum atomic E-state index is -1.02. The number of carboxylic acid groups (broad SMARTS) is 1. The Labute approximate surface area is 108 Å². The molecule has 0 amide bonds. The molecule has 0 spiro atoms. The van der Waals surface area contributed by atoms with Crippen LogP contribution in [0, 0.1) is 0 Å². The van der Waals surface area contributed by atoms with Crippen molar-refractivity contribution in [1.29, 1.82) is 0 Å². The summed E-state index contributed by atoms with van der Waals surface area (Å²) in [5.74, 6) is -1.02. The Morgan fingerprint density at radius 3 is 2.47 bits per heavy atom. The molecule has 2 rings (SSSR count). The molecule has 19 heavy (non-hydrogen) atoms. The maximum absolute atomic E-state index is 11.8. The lowest BCUT2D eigenvalue weighted by atomic mass is 10.0. The second-order valence-corrected chi connectivity index (χ2v) is 4.04. The Morgan fingerprint density at radius 2 is 1.89 bits per heavy atom. The maximum Gasteiger partial charge on any atom is 0.328 e. The van der Waals surface area contributed by atoms with Gasteiger partial charge in [-0.25, -0.2) is 4.79 Å². The fraction of sp³-hybridized carbons (Fsp3) is 0.154. The summed E-state index contributed by atoms with van der Waals surface area (Å²) in [5.41, 5.74) is -0.440. The largest absolute Gasteiger partial charge is 0.481 e. The number of rotatable bonds is 4. The lowest BCUT2D eigenvalue weighted by Crippen LogP contribution is -2.32. The first kappa shape index (κ1) is 12.8. The van der Waals surface area contributed by atoms with Crippen LogP contribution in [0.2, 0.25) is 0 Å². The van der Waals surface area contributed by atoms with Crippen LogP contribution in [-0.2, 0) is 4.79 Å². The van der Waals surface area contributed by atoms with Crippen molar-refractivity contribution >= 4 is 5.97 Å². The molecule has 6 heteroatoms. The van der Waals surface area contributed by atoms with Gasteiger partial charge in [-0.3, -0.25) is 19.1 Å². The Hall–Kier alpha value is -2.63. The smallest absolute Gasteiger partial charge is 0.328 e. The summed E-state index contributed by atoms with van der Waals surface area (Å²) in [5, 5.41) is 8.96. The zero-order valence-corrected chi connectivity index (χ0v) is 9.95. The van der Waals surface area contributed by atoms with Crippen molar-refractivity contribution in [2.45, 2.75) is 12.5 Å². The van der Waals surface area contributed by atoms with Crippen LogP contribution in [0.4, 0.5) is 0 Å². The number of aliphatic carboxylic acids is 1. The monoisotopic (exact) mass is 260 g/mol. The van der Waals surface area contributed by atoms with Gasteiger partial charge in [-0.05, 0) is 5.56 Å². The first-order valence-corrected chi connectivity index (χ1v) is 5.66. The van der Waals surface area contributed by atoms with E-state index in [1.54, 1.807) is 30.3 Å². The number of carbonyl (C=O) groups is 1. The van der Waals surface area contributed by atoms with Crippen molar-refractivity contribution in [3.05, 3.63) is 69.0 Å². The van der Waals surface area contributed by atoms with Crippen molar-refractivity contribution in [1.82, 2.24) is 9.55 Å². The lowest BCUT2D eigenvalue weighted by Gasteiger charge is -2.17. The van der Waals surface area contributed by atoms with Crippen LogP contribution in [0.3, 0.4) is 0 Å². The number of H-pyrrole nitrogens is 1. The minimum Gasteiger partial charge on any atom is -0.481 e. The van der Waals surface area contributed by atoms with E-state index in [-0.39, 0.29) is 6.42 Å². The van der Waals surface area contributed by atoms with Gasteiger partial charge in [0.05, 0.1) is 12.5 Å². The number of aromatic amines is 1. The van der Waals surface area contributed by atoms with E-state index in [9.17, 15) is 14.4 Å². The summed E-state index contributed by atoms with van der Waals surface area (Å²) < 4.78 is 1.21. The van der Waals surface area contributed by atoms with Gasteiger partial charge in [-0.2, -0.15) is 0 Å². The van der Waals surface area contributed by atoms with Gasteiger partial charge in [-0.15, -0.1) is 0 Å². The fourth-order valence-electron chi connectivity index (χ4n) is 1.89. The molecule has 98 valence electrons. The van der Waals surface area contributed by atoms with E-state index in [0.717, 1.165) is 0 Å². The number of nitrogens with zero attached hydrogens (tertiary/aromatic N) is 1. The molecular weight excluding hydrogens is 248 g/mol. The van der Waals surface area contributed by atoms with Crippen molar-refractivity contribution in [3.8, 4) is 0 Å². The zero-order valence-electron chi connectivity index (χ0n) is 9.95. The number of benzene rings is 1. The standard InChI is InChI=1S/C13H12N2O4/c16-11-6-7-15(13(19)14-11)10(8-12(17)18)9-4-2-1-3-5-9/h1-7,10H,8H2,(H,17,18)(H,14,16,19).